The summed E-state index contributed by atoms with van der Waals surface area (Å²) < 4.78 is 6.77. The van der Waals surface area contributed by atoms with Crippen molar-refractivity contribution in [3.63, 3.8) is 0 Å². The van der Waals surface area contributed by atoms with Gasteiger partial charge in [0.1, 0.15) is 17.7 Å². The van der Waals surface area contributed by atoms with Crippen molar-refractivity contribution in [2.75, 3.05) is 17.7 Å². The molecule has 1 atom stereocenters. The Kier molecular flexibility index (Phi) is 4.82. The van der Waals surface area contributed by atoms with Gasteiger partial charge in [-0.3, -0.25) is 14.9 Å². The molecule has 0 bridgehead atoms. The second kappa shape index (κ2) is 7.22. The Bertz CT molecular complexity index is 844. The van der Waals surface area contributed by atoms with Crippen LogP contribution in [0, 0.1) is 0 Å². The van der Waals surface area contributed by atoms with E-state index in [2.05, 4.69) is 20.6 Å². The molecule has 0 radical (unpaired) electrons. The zero-order valence-corrected chi connectivity index (χ0v) is 15.1. The van der Waals surface area contributed by atoms with Crippen molar-refractivity contribution in [1.29, 1.82) is 0 Å². The summed E-state index contributed by atoms with van der Waals surface area (Å²) in [5, 5.41) is 16.3. The second-order valence-electron chi connectivity index (χ2n) is 5.91. The predicted octanol–water partition coefficient (Wildman–Crippen LogP) is 1.37. The highest BCUT2D eigenvalue weighted by Gasteiger charge is 2.22. The Hall–Kier alpha value is -1.78. The van der Waals surface area contributed by atoms with Crippen LogP contribution in [0.3, 0.4) is 0 Å². The molecule has 8 nitrogen and oxygen atoms in total. The van der Waals surface area contributed by atoms with E-state index in [4.69, 9.17) is 4.74 Å². The molecule has 0 aliphatic carbocycles. The minimum absolute atomic E-state index is 0.0223. The molecule has 10 heteroatoms. The molecule has 2 aromatic heterocycles. The molecule has 2 aliphatic rings. The van der Waals surface area contributed by atoms with Crippen molar-refractivity contribution in [3.8, 4) is 0 Å². The zero-order chi connectivity index (χ0) is 17.2. The first-order valence-corrected chi connectivity index (χ1v) is 10.1. The largest absolute Gasteiger partial charge is 0.371 e. The van der Waals surface area contributed by atoms with E-state index in [1.54, 1.807) is 17.8 Å². The lowest BCUT2D eigenvalue weighted by atomic mass is 10.2. The zero-order valence-electron chi connectivity index (χ0n) is 13.4. The molecule has 0 spiro atoms. The summed E-state index contributed by atoms with van der Waals surface area (Å²) in [6.45, 7) is 0.603. The number of aryl methyl sites for hydroxylation is 1. The van der Waals surface area contributed by atoms with Crippen molar-refractivity contribution in [2.24, 2.45) is 0 Å². The lowest BCUT2D eigenvalue weighted by Gasteiger charge is -2.15. The summed E-state index contributed by atoms with van der Waals surface area (Å²) in [5.41, 5.74) is 1.62. The van der Waals surface area contributed by atoms with Crippen LogP contribution < -0.4 is 10.9 Å². The first kappa shape index (κ1) is 16.7. The van der Waals surface area contributed by atoms with Crippen LogP contribution in [0.15, 0.2) is 10.9 Å². The van der Waals surface area contributed by atoms with Crippen LogP contribution in [-0.4, -0.2) is 38.2 Å². The van der Waals surface area contributed by atoms with Gasteiger partial charge in [-0.05, 0) is 24.2 Å². The summed E-state index contributed by atoms with van der Waals surface area (Å²) in [6, 6.07) is 1.59. The van der Waals surface area contributed by atoms with Gasteiger partial charge in [-0.1, -0.05) is 11.3 Å². The van der Waals surface area contributed by atoms with Crippen LogP contribution in [0.25, 0.3) is 0 Å². The number of carbonyl (C=O) groups excluding carboxylic acids is 1. The molecular formula is C15H17N5O3S2. The molecule has 4 heterocycles. The molecule has 0 unspecified atom stereocenters. The Morgan fingerprint density at radius 2 is 2.36 bits per heavy atom. The van der Waals surface area contributed by atoms with Gasteiger partial charge in [0, 0.05) is 24.8 Å². The molecule has 2 aromatic rings. The number of hydrogen-bond donors (Lipinski definition) is 1. The Balaban J connectivity index is 1.43. The lowest BCUT2D eigenvalue weighted by Crippen LogP contribution is -2.31. The van der Waals surface area contributed by atoms with Crippen molar-refractivity contribution >= 4 is 34.1 Å². The van der Waals surface area contributed by atoms with Gasteiger partial charge in [0.2, 0.25) is 11.0 Å². The highest BCUT2D eigenvalue weighted by atomic mass is 32.2. The Morgan fingerprint density at radius 1 is 1.44 bits per heavy atom. The number of amides is 1. The van der Waals surface area contributed by atoms with E-state index < -0.39 is 0 Å². The van der Waals surface area contributed by atoms with E-state index in [9.17, 15) is 9.59 Å². The molecule has 1 saturated heterocycles. The molecule has 2 aliphatic heterocycles. The third kappa shape index (κ3) is 3.75. The van der Waals surface area contributed by atoms with Gasteiger partial charge in [-0.25, -0.2) is 4.68 Å². The minimum atomic E-state index is -0.338. The van der Waals surface area contributed by atoms with E-state index in [-0.39, 0.29) is 24.1 Å². The second-order valence-corrected chi connectivity index (χ2v) is 8.02. The maximum atomic E-state index is 12.2. The van der Waals surface area contributed by atoms with Crippen LogP contribution in [-0.2, 0) is 28.2 Å². The quantitative estimate of drug-likeness (QED) is 0.856. The SMILES string of the molecule is O=C(Cn1nc2c(cc1=O)CSCC2)Nc1nnc([C@@H]2CCCO2)s1. The molecule has 4 rings (SSSR count). The molecule has 1 fully saturated rings. The van der Waals surface area contributed by atoms with E-state index in [0.717, 1.165) is 53.6 Å². The number of anilines is 1. The summed E-state index contributed by atoms with van der Waals surface area (Å²) in [7, 11) is 0. The average molecular weight is 379 g/mol. The number of fused-ring (bicyclic) bond motifs is 1. The molecule has 0 saturated carbocycles. The monoisotopic (exact) mass is 379 g/mol. The molecule has 1 amide bonds. The maximum absolute atomic E-state index is 12.2. The molecule has 25 heavy (non-hydrogen) atoms. The van der Waals surface area contributed by atoms with Gasteiger partial charge in [0.15, 0.2) is 0 Å². The van der Waals surface area contributed by atoms with Gasteiger partial charge in [-0.2, -0.15) is 16.9 Å². The first-order chi connectivity index (χ1) is 12.2. The fourth-order valence-corrected chi connectivity index (χ4v) is 4.64. The third-order valence-electron chi connectivity index (χ3n) is 4.09. The number of nitrogens with one attached hydrogen (secondary N) is 1. The third-order valence-corrected chi connectivity index (χ3v) is 6.03. The first-order valence-electron chi connectivity index (χ1n) is 8.11. The van der Waals surface area contributed by atoms with E-state index in [0.29, 0.717) is 5.13 Å². The van der Waals surface area contributed by atoms with Gasteiger partial charge in [-0.15, -0.1) is 10.2 Å². The Morgan fingerprint density at radius 3 is 3.20 bits per heavy atom. The average Bonchev–Trinajstić information content (AvgIpc) is 3.26. The molecule has 0 aromatic carbocycles. The van der Waals surface area contributed by atoms with Crippen molar-refractivity contribution in [1.82, 2.24) is 20.0 Å². The van der Waals surface area contributed by atoms with E-state index in [1.165, 1.54) is 16.0 Å². The number of carbonyl (C=O) groups is 1. The van der Waals surface area contributed by atoms with Crippen LogP contribution >= 0.6 is 23.1 Å². The van der Waals surface area contributed by atoms with Crippen molar-refractivity contribution in [2.45, 2.75) is 37.7 Å². The van der Waals surface area contributed by atoms with Gasteiger partial charge >= 0.3 is 0 Å². The van der Waals surface area contributed by atoms with Crippen LogP contribution in [0.4, 0.5) is 5.13 Å². The number of ether oxygens (including phenoxy) is 1. The fraction of sp³-hybridized carbons (Fsp3) is 0.533. The smallest absolute Gasteiger partial charge is 0.267 e. The lowest BCUT2D eigenvalue weighted by molar-refractivity contribution is -0.117. The normalized spacial score (nSPS) is 19.6. The predicted molar refractivity (Wildman–Crippen MR) is 94.8 cm³/mol. The van der Waals surface area contributed by atoms with Gasteiger partial charge in [0.05, 0.1) is 5.69 Å². The standard InChI is InChI=1S/C15H17N5O3S2/c21-12(16-15-18-17-14(25-15)11-2-1-4-23-11)7-20-13(22)6-9-8-24-5-3-10(9)19-20/h6,11H,1-5,7-8H2,(H,16,18,21)/t11-/m0/s1. The molecule has 132 valence electrons. The van der Waals surface area contributed by atoms with Crippen molar-refractivity contribution < 1.29 is 9.53 Å². The van der Waals surface area contributed by atoms with E-state index >= 15 is 0 Å². The van der Waals surface area contributed by atoms with Gasteiger partial charge in [0.25, 0.3) is 5.56 Å². The van der Waals surface area contributed by atoms with E-state index in [1.807, 2.05) is 0 Å². The Labute approximate surface area is 152 Å². The maximum Gasteiger partial charge on any atom is 0.267 e. The van der Waals surface area contributed by atoms with Gasteiger partial charge < -0.3 is 4.74 Å². The summed E-state index contributed by atoms with van der Waals surface area (Å²) >= 11 is 3.10. The summed E-state index contributed by atoms with van der Waals surface area (Å²) in [6.07, 6.45) is 2.74. The van der Waals surface area contributed by atoms with Crippen molar-refractivity contribution in [3.05, 3.63) is 32.7 Å². The van der Waals surface area contributed by atoms with Crippen LogP contribution in [0.5, 0.6) is 0 Å². The number of aromatic nitrogens is 4. The number of rotatable bonds is 4. The fourth-order valence-electron chi connectivity index (χ4n) is 2.85. The number of thioether (sulfide) groups is 1. The number of nitrogens with zero attached hydrogens (tertiary/aromatic N) is 4. The molecule has 1 N–H and O–H groups in total. The molecular weight excluding hydrogens is 362 g/mol. The number of hydrogen-bond acceptors (Lipinski definition) is 8. The van der Waals surface area contributed by atoms with Crippen LogP contribution in [0.1, 0.15) is 35.2 Å². The summed E-state index contributed by atoms with van der Waals surface area (Å²) in [4.78, 5) is 24.4. The topological polar surface area (TPSA) is 99.0 Å². The van der Waals surface area contributed by atoms with Crippen LogP contribution in [0.2, 0.25) is 0 Å². The minimum Gasteiger partial charge on any atom is -0.371 e. The summed E-state index contributed by atoms with van der Waals surface area (Å²) in [5.74, 6) is 1.46. The highest BCUT2D eigenvalue weighted by Crippen LogP contribution is 2.31. The highest BCUT2D eigenvalue weighted by molar-refractivity contribution is 7.98.